The molecule has 1 aromatic carbocycles. The normalized spacial score (nSPS) is 30.5. The summed E-state index contributed by atoms with van der Waals surface area (Å²) in [7, 11) is -3.80. The van der Waals surface area contributed by atoms with Crippen LogP contribution >= 0.6 is 24.2 Å². The lowest BCUT2D eigenvalue weighted by Gasteiger charge is -2.44. The molecule has 1 aromatic rings. The van der Waals surface area contributed by atoms with E-state index in [2.05, 4.69) is 5.32 Å². The molecule has 4 aliphatic rings. The third kappa shape index (κ3) is 4.66. The van der Waals surface area contributed by atoms with Gasteiger partial charge in [-0.1, -0.05) is 30.3 Å². The second-order valence-corrected chi connectivity index (χ2v) is 15.6. The molecule has 5 rings (SSSR count). The molecule has 0 aromatic heterocycles. The van der Waals surface area contributed by atoms with E-state index in [1.54, 1.807) is 44.2 Å². The van der Waals surface area contributed by atoms with Crippen LogP contribution in [0.15, 0.2) is 30.3 Å². The van der Waals surface area contributed by atoms with Crippen molar-refractivity contribution in [1.82, 2.24) is 15.1 Å². The van der Waals surface area contributed by atoms with Crippen molar-refractivity contribution in [2.75, 3.05) is 6.79 Å². The summed E-state index contributed by atoms with van der Waals surface area (Å²) in [6.07, 6.45) is -0.191. The van der Waals surface area contributed by atoms with Gasteiger partial charge in [-0.2, -0.15) is 0 Å². The SMILES string of the molecule is CC1(C)S[C@@H]2[C@H](NC(=O)C(N)c3ccccc3)C(=O)N2[C@H]1C(=O)OCOC(=O)[C@@H]1N2C(=O)C[C@H]2S(=O)(=O)C1(C)C.Cl. The predicted octanol–water partition coefficient (Wildman–Crippen LogP) is -0.167. The Morgan fingerprint density at radius 3 is 2.22 bits per heavy atom. The number of nitrogens with zero attached hydrogens (tertiary/aromatic N) is 2. The minimum atomic E-state index is -3.80. The predicted molar refractivity (Wildman–Crippen MR) is 148 cm³/mol. The van der Waals surface area contributed by atoms with E-state index in [0.717, 1.165) is 4.90 Å². The highest BCUT2D eigenvalue weighted by molar-refractivity contribution is 8.01. The van der Waals surface area contributed by atoms with E-state index in [1.165, 1.54) is 30.5 Å². The summed E-state index contributed by atoms with van der Waals surface area (Å²) in [6, 6.07) is 4.45. The number of β-lactam (4-membered cyclic amide) rings is 2. The Morgan fingerprint density at radius 2 is 1.63 bits per heavy atom. The fraction of sp³-hybridized carbons (Fsp3) is 0.560. The number of amides is 3. The Morgan fingerprint density at radius 1 is 1.05 bits per heavy atom. The van der Waals surface area contributed by atoms with Crippen molar-refractivity contribution >= 4 is 63.7 Å². The van der Waals surface area contributed by atoms with Crippen LogP contribution in [0.25, 0.3) is 0 Å². The van der Waals surface area contributed by atoms with Gasteiger partial charge < -0.3 is 30.3 Å². The monoisotopic (exact) mass is 630 g/mol. The van der Waals surface area contributed by atoms with Gasteiger partial charge in [0.15, 0.2) is 9.84 Å². The largest absolute Gasteiger partial charge is 0.426 e. The Balaban J connectivity index is 0.00000387. The zero-order chi connectivity index (χ0) is 29.4. The second-order valence-electron chi connectivity index (χ2n) is 11.2. The number of carbonyl (C=O) groups excluding carboxylic acids is 5. The van der Waals surface area contributed by atoms with Crippen LogP contribution in [0, 0.1) is 0 Å². The van der Waals surface area contributed by atoms with E-state index in [4.69, 9.17) is 15.2 Å². The zero-order valence-electron chi connectivity index (χ0n) is 22.6. The van der Waals surface area contributed by atoms with Gasteiger partial charge in [0.05, 0.1) is 11.2 Å². The van der Waals surface area contributed by atoms with Gasteiger partial charge in [-0.15, -0.1) is 24.2 Å². The molecule has 1 unspecified atom stereocenters. The first-order valence-corrected chi connectivity index (χ1v) is 15.0. The number of thioether (sulfide) groups is 1. The molecule has 4 saturated heterocycles. The first kappa shape index (κ1) is 31.1. The number of halogens is 1. The van der Waals surface area contributed by atoms with E-state index in [1.807, 2.05) is 0 Å². The van der Waals surface area contributed by atoms with Gasteiger partial charge in [0.1, 0.15) is 34.9 Å². The van der Waals surface area contributed by atoms with Gasteiger partial charge in [0.25, 0.3) is 0 Å². The summed E-state index contributed by atoms with van der Waals surface area (Å²) in [4.78, 5) is 65.9. The lowest BCUT2D eigenvalue weighted by molar-refractivity contribution is -0.181. The highest BCUT2D eigenvalue weighted by atomic mass is 35.5. The van der Waals surface area contributed by atoms with Crippen LogP contribution in [0.1, 0.15) is 45.7 Å². The van der Waals surface area contributed by atoms with Gasteiger partial charge in [-0.05, 0) is 33.3 Å². The highest BCUT2D eigenvalue weighted by Gasteiger charge is 2.68. The number of nitrogens with one attached hydrogen (secondary N) is 1. The average molecular weight is 631 g/mol. The maximum absolute atomic E-state index is 13.0. The number of hydrogen-bond acceptors (Lipinski definition) is 11. The lowest BCUT2D eigenvalue weighted by atomic mass is 9.95. The minimum absolute atomic E-state index is 0. The molecule has 4 aliphatic heterocycles. The van der Waals surface area contributed by atoms with Gasteiger partial charge in [0, 0.05) is 4.75 Å². The number of fused-ring (bicyclic) bond motifs is 2. The summed E-state index contributed by atoms with van der Waals surface area (Å²) in [5.74, 6) is -3.32. The first-order chi connectivity index (χ1) is 18.6. The molecular weight excluding hydrogens is 600 g/mol. The lowest BCUT2D eigenvalue weighted by Crippen LogP contribution is -2.71. The van der Waals surface area contributed by atoms with Crippen LogP contribution in [0.4, 0.5) is 0 Å². The van der Waals surface area contributed by atoms with Gasteiger partial charge in [-0.25, -0.2) is 18.0 Å². The van der Waals surface area contributed by atoms with Crippen LogP contribution < -0.4 is 11.1 Å². The number of nitrogens with two attached hydrogens (primary N) is 1. The molecule has 0 saturated carbocycles. The number of esters is 2. The molecule has 6 atom stereocenters. The van der Waals surface area contributed by atoms with Crippen molar-refractivity contribution in [3.8, 4) is 0 Å². The third-order valence-electron chi connectivity index (χ3n) is 8.00. The first-order valence-electron chi connectivity index (χ1n) is 12.6. The number of carbonyl (C=O) groups is 5. The van der Waals surface area contributed by atoms with Crippen LogP contribution in [0.5, 0.6) is 0 Å². The van der Waals surface area contributed by atoms with Crippen molar-refractivity contribution in [3.05, 3.63) is 35.9 Å². The van der Waals surface area contributed by atoms with Gasteiger partial charge in [-0.3, -0.25) is 14.4 Å². The Kier molecular flexibility index (Phi) is 7.91. The number of benzene rings is 1. The smallest absolute Gasteiger partial charge is 0.333 e. The molecule has 0 spiro atoms. The molecule has 0 bridgehead atoms. The van der Waals surface area contributed by atoms with Gasteiger partial charge >= 0.3 is 11.9 Å². The molecule has 224 valence electrons. The van der Waals surface area contributed by atoms with E-state index < -0.39 is 90.7 Å². The molecule has 0 radical (unpaired) electrons. The Bertz CT molecular complexity index is 1400. The fourth-order valence-electron chi connectivity index (χ4n) is 5.69. The van der Waals surface area contributed by atoms with Crippen molar-refractivity contribution in [2.45, 2.75) is 78.5 Å². The van der Waals surface area contributed by atoms with Crippen molar-refractivity contribution in [2.24, 2.45) is 5.73 Å². The summed E-state index contributed by atoms with van der Waals surface area (Å²) < 4.78 is 33.3. The summed E-state index contributed by atoms with van der Waals surface area (Å²) in [5, 5.41) is 1.07. The molecule has 4 fully saturated rings. The van der Waals surface area contributed by atoms with E-state index >= 15 is 0 Å². The van der Waals surface area contributed by atoms with Crippen LogP contribution in [0.2, 0.25) is 0 Å². The standard InChI is InChI=1S/C25H30N4O9S2.ClH/c1-24(2)17(29-20(32)16(21(29)39-24)27-19(31)15(26)12-8-6-5-7-9-12)22(33)37-11-38-23(34)18-25(3,4)40(35,36)14-10-13(30)28(14)18;/h5-9,14-18,21H,10-11,26H2,1-4H3,(H,27,31);1H/t14-,15?,16-,17+,18+,21-;/m1./s1. The zero-order valence-corrected chi connectivity index (χ0v) is 25.1. The average Bonchev–Trinajstić information content (AvgIpc) is 3.22. The third-order valence-corrected chi connectivity index (χ3v) is 12.4. The summed E-state index contributed by atoms with van der Waals surface area (Å²) in [5.41, 5.74) is 6.64. The minimum Gasteiger partial charge on any atom is -0.426 e. The van der Waals surface area contributed by atoms with E-state index in [0.29, 0.717) is 5.56 Å². The van der Waals surface area contributed by atoms with Crippen LogP contribution in [-0.2, 0) is 43.3 Å². The molecular formula is C25H31ClN4O9S2. The van der Waals surface area contributed by atoms with E-state index in [9.17, 15) is 32.4 Å². The fourth-order valence-corrected chi connectivity index (χ4v) is 9.44. The van der Waals surface area contributed by atoms with Crippen molar-refractivity contribution < 1.29 is 41.9 Å². The Labute approximate surface area is 247 Å². The van der Waals surface area contributed by atoms with E-state index in [-0.39, 0.29) is 18.8 Å². The molecule has 3 N–H and O–H groups in total. The Hall–Kier alpha value is -2.88. The molecule has 41 heavy (non-hydrogen) atoms. The molecule has 0 aliphatic carbocycles. The van der Waals surface area contributed by atoms with Crippen molar-refractivity contribution in [3.63, 3.8) is 0 Å². The molecule has 3 amide bonds. The molecule has 16 heteroatoms. The van der Waals surface area contributed by atoms with Crippen molar-refractivity contribution in [1.29, 1.82) is 0 Å². The number of ether oxygens (including phenoxy) is 2. The number of hydrogen-bond donors (Lipinski definition) is 2. The summed E-state index contributed by atoms with van der Waals surface area (Å²) >= 11 is 1.31. The summed E-state index contributed by atoms with van der Waals surface area (Å²) in [6.45, 7) is 5.37. The molecule has 4 heterocycles. The number of rotatable bonds is 7. The maximum atomic E-state index is 13.0. The van der Waals surface area contributed by atoms with Gasteiger partial charge in [0.2, 0.25) is 24.5 Å². The second kappa shape index (κ2) is 10.4. The van der Waals surface area contributed by atoms with Crippen LogP contribution in [0.3, 0.4) is 0 Å². The number of sulfone groups is 1. The van der Waals surface area contributed by atoms with Crippen LogP contribution in [-0.4, -0.2) is 93.0 Å². The quantitative estimate of drug-likeness (QED) is 0.232. The topological polar surface area (TPSA) is 182 Å². The maximum Gasteiger partial charge on any atom is 0.333 e. The highest BCUT2D eigenvalue weighted by Crippen LogP contribution is 2.51. The molecule has 13 nitrogen and oxygen atoms in total.